The summed E-state index contributed by atoms with van der Waals surface area (Å²) in [6.45, 7) is 2.08. The fourth-order valence-electron chi connectivity index (χ4n) is 2.90. The summed E-state index contributed by atoms with van der Waals surface area (Å²) in [5.41, 5.74) is 2.29. The van der Waals surface area contributed by atoms with E-state index in [1.54, 1.807) is 13.1 Å². The molecular weight excluding hydrogens is 402 g/mol. The highest BCUT2D eigenvalue weighted by Gasteiger charge is 2.24. The van der Waals surface area contributed by atoms with E-state index in [0.717, 1.165) is 21.6 Å². The summed E-state index contributed by atoms with van der Waals surface area (Å²) in [4.78, 5) is 31.3. The SMILES string of the molecule is CN(CC(=O)N1CCN(C)c2ccccc2C1)C(=O)c1ccc(Br)s1. The van der Waals surface area contributed by atoms with Gasteiger partial charge in [-0.3, -0.25) is 9.59 Å². The molecule has 0 N–H and O–H groups in total. The van der Waals surface area contributed by atoms with E-state index < -0.39 is 0 Å². The Balaban J connectivity index is 1.68. The summed E-state index contributed by atoms with van der Waals surface area (Å²) in [5.74, 6) is -0.159. The number of likely N-dealkylation sites (N-methyl/N-ethyl adjacent to an activating group) is 2. The minimum atomic E-state index is -0.128. The molecular formula is C18H20BrN3O2S. The molecule has 132 valence electrons. The van der Waals surface area contributed by atoms with Crippen LogP contribution < -0.4 is 4.90 Å². The molecule has 0 radical (unpaired) electrons. The molecule has 2 amide bonds. The summed E-state index contributed by atoms with van der Waals surface area (Å²) < 4.78 is 0.905. The third kappa shape index (κ3) is 4.04. The molecule has 5 nitrogen and oxygen atoms in total. The summed E-state index contributed by atoms with van der Waals surface area (Å²) in [5, 5.41) is 0. The van der Waals surface area contributed by atoms with Crippen LogP contribution in [0.1, 0.15) is 15.2 Å². The molecule has 1 aromatic carbocycles. The van der Waals surface area contributed by atoms with Crippen molar-refractivity contribution in [3.63, 3.8) is 0 Å². The van der Waals surface area contributed by atoms with Gasteiger partial charge in [0.25, 0.3) is 5.91 Å². The van der Waals surface area contributed by atoms with Gasteiger partial charge in [0.1, 0.15) is 0 Å². The standard InChI is InChI=1S/C18H20BrN3O2S/c1-20-9-10-22(11-13-5-3-4-6-14(13)20)17(23)12-21(2)18(24)15-7-8-16(19)25-15/h3-8H,9-12H2,1-2H3. The Hall–Kier alpha value is -1.86. The van der Waals surface area contributed by atoms with Crippen molar-refractivity contribution in [3.05, 3.63) is 50.6 Å². The lowest BCUT2D eigenvalue weighted by molar-refractivity contribution is -0.132. The van der Waals surface area contributed by atoms with Gasteiger partial charge in [-0.25, -0.2) is 0 Å². The largest absolute Gasteiger partial charge is 0.373 e. The Morgan fingerprint density at radius 1 is 1.20 bits per heavy atom. The minimum absolute atomic E-state index is 0.0309. The monoisotopic (exact) mass is 421 g/mol. The van der Waals surface area contributed by atoms with Crippen molar-refractivity contribution < 1.29 is 9.59 Å². The number of anilines is 1. The minimum Gasteiger partial charge on any atom is -0.373 e. The summed E-state index contributed by atoms with van der Waals surface area (Å²) in [6.07, 6.45) is 0. The summed E-state index contributed by atoms with van der Waals surface area (Å²) in [6, 6.07) is 11.7. The lowest BCUT2D eigenvalue weighted by Gasteiger charge is -2.24. The molecule has 25 heavy (non-hydrogen) atoms. The highest BCUT2D eigenvalue weighted by molar-refractivity contribution is 9.11. The van der Waals surface area contributed by atoms with Crippen LogP contribution in [0.2, 0.25) is 0 Å². The molecule has 0 atom stereocenters. The van der Waals surface area contributed by atoms with Crippen LogP contribution in [-0.4, -0.2) is 55.3 Å². The maximum Gasteiger partial charge on any atom is 0.264 e. The van der Waals surface area contributed by atoms with E-state index in [9.17, 15) is 9.59 Å². The number of carbonyl (C=O) groups is 2. The Labute approximate surface area is 160 Å². The zero-order valence-corrected chi connectivity index (χ0v) is 16.6. The van der Waals surface area contributed by atoms with E-state index in [1.165, 1.54) is 16.2 Å². The van der Waals surface area contributed by atoms with Crippen molar-refractivity contribution in [2.24, 2.45) is 0 Å². The number of amides is 2. The lowest BCUT2D eigenvalue weighted by atomic mass is 10.1. The van der Waals surface area contributed by atoms with Gasteiger partial charge in [0, 0.05) is 39.4 Å². The molecule has 0 fully saturated rings. The van der Waals surface area contributed by atoms with Gasteiger partial charge in [0.05, 0.1) is 15.2 Å². The number of thiophene rings is 1. The van der Waals surface area contributed by atoms with E-state index in [-0.39, 0.29) is 18.4 Å². The number of hydrogen-bond acceptors (Lipinski definition) is 4. The number of hydrogen-bond donors (Lipinski definition) is 0. The highest BCUT2D eigenvalue weighted by Crippen LogP contribution is 2.25. The quantitative estimate of drug-likeness (QED) is 0.764. The molecule has 7 heteroatoms. The molecule has 3 rings (SSSR count). The lowest BCUT2D eigenvalue weighted by Crippen LogP contribution is -2.42. The van der Waals surface area contributed by atoms with E-state index >= 15 is 0 Å². The molecule has 0 bridgehead atoms. The van der Waals surface area contributed by atoms with Gasteiger partial charge < -0.3 is 14.7 Å². The van der Waals surface area contributed by atoms with Crippen molar-refractivity contribution in [2.75, 3.05) is 38.6 Å². The zero-order valence-electron chi connectivity index (χ0n) is 14.2. The van der Waals surface area contributed by atoms with Crippen molar-refractivity contribution in [1.29, 1.82) is 0 Å². The third-order valence-electron chi connectivity index (χ3n) is 4.33. The zero-order chi connectivity index (χ0) is 18.0. The average molecular weight is 422 g/mol. The van der Waals surface area contributed by atoms with Gasteiger partial charge in [-0.05, 0) is 39.7 Å². The molecule has 1 aliphatic rings. The van der Waals surface area contributed by atoms with E-state index in [2.05, 4.69) is 33.0 Å². The Morgan fingerprint density at radius 2 is 1.96 bits per heavy atom. The number of rotatable bonds is 3. The summed E-state index contributed by atoms with van der Waals surface area (Å²) in [7, 11) is 3.71. The fraction of sp³-hybridized carbons (Fsp3) is 0.333. The van der Waals surface area contributed by atoms with Crippen molar-refractivity contribution in [1.82, 2.24) is 9.80 Å². The average Bonchev–Trinajstić information content (AvgIpc) is 2.96. The van der Waals surface area contributed by atoms with Crippen molar-refractivity contribution >= 4 is 44.8 Å². The van der Waals surface area contributed by atoms with E-state index in [0.29, 0.717) is 18.0 Å². The predicted octanol–water partition coefficient (Wildman–Crippen LogP) is 3.06. The number of para-hydroxylation sites is 1. The normalized spacial score (nSPS) is 14.0. The molecule has 0 saturated heterocycles. The third-order valence-corrected chi connectivity index (χ3v) is 5.94. The second-order valence-electron chi connectivity index (χ2n) is 6.13. The van der Waals surface area contributed by atoms with Gasteiger partial charge in [-0.2, -0.15) is 0 Å². The van der Waals surface area contributed by atoms with E-state index in [1.807, 2.05) is 30.1 Å². The maximum absolute atomic E-state index is 12.7. The van der Waals surface area contributed by atoms with Crippen molar-refractivity contribution in [3.8, 4) is 0 Å². The van der Waals surface area contributed by atoms with Gasteiger partial charge in [0.2, 0.25) is 5.91 Å². The van der Waals surface area contributed by atoms with Gasteiger partial charge in [-0.1, -0.05) is 18.2 Å². The number of halogens is 1. The topological polar surface area (TPSA) is 43.9 Å². The molecule has 1 aliphatic heterocycles. The Bertz CT molecular complexity index is 792. The molecule has 2 heterocycles. The first kappa shape index (κ1) is 17.9. The first-order chi connectivity index (χ1) is 12.0. The van der Waals surface area contributed by atoms with Crippen LogP contribution >= 0.6 is 27.3 Å². The summed E-state index contributed by atoms with van der Waals surface area (Å²) >= 11 is 4.74. The highest BCUT2D eigenvalue weighted by atomic mass is 79.9. The molecule has 2 aromatic rings. The Morgan fingerprint density at radius 3 is 2.68 bits per heavy atom. The van der Waals surface area contributed by atoms with Crippen LogP contribution in [-0.2, 0) is 11.3 Å². The fourth-order valence-corrected chi connectivity index (χ4v) is 4.28. The van der Waals surface area contributed by atoms with Gasteiger partial charge in [0.15, 0.2) is 0 Å². The molecule has 0 aliphatic carbocycles. The van der Waals surface area contributed by atoms with Gasteiger partial charge >= 0.3 is 0 Å². The van der Waals surface area contributed by atoms with E-state index in [4.69, 9.17) is 0 Å². The Kier molecular flexibility index (Phi) is 5.44. The van der Waals surface area contributed by atoms with Crippen molar-refractivity contribution in [2.45, 2.75) is 6.54 Å². The van der Waals surface area contributed by atoms with Crippen LogP contribution in [0.15, 0.2) is 40.2 Å². The van der Waals surface area contributed by atoms with Crippen LogP contribution in [0.4, 0.5) is 5.69 Å². The molecule has 0 saturated carbocycles. The van der Waals surface area contributed by atoms with Crippen LogP contribution in [0.25, 0.3) is 0 Å². The first-order valence-electron chi connectivity index (χ1n) is 8.03. The predicted molar refractivity (Wildman–Crippen MR) is 104 cm³/mol. The second-order valence-corrected chi connectivity index (χ2v) is 8.59. The number of nitrogens with zero attached hydrogens (tertiary/aromatic N) is 3. The molecule has 1 aromatic heterocycles. The van der Waals surface area contributed by atoms with Crippen LogP contribution in [0.3, 0.4) is 0 Å². The second kappa shape index (κ2) is 7.58. The van der Waals surface area contributed by atoms with Crippen LogP contribution in [0.5, 0.6) is 0 Å². The first-order valence-corrected chi connectivity index (χ1v) is 9.64. The molecule has 0 unspecified atom stereocenters. The molecule has 0 spiro atoms. The number of fused-ring (bicyclic) bond motifs is 1. The number of carbonyl (C=O) groups excluding carboxylic acids is 2. The van der Waals surface area contributed by atoms with Crippen LogP contribution in [0, 0.1) is 0 Å². The smallest absolute Gasteiger partial charge is 0.264 e. The maximum atomic E-state index is 12.7. The van der Waals surface area contributed by atoms with Gasteiger partial charge in [-0.15, -0.1) is 11.3 Å². The number of benzene rings is 1.